The van der Waals surface area contributed by atoms with Gasteiger partial charge >= 0.3 is 0 Å². The van der Waals surface area contributed by atoms with Crippen LogP contribution in [0.1, 0.15) is 31.2 Å². The molecule has 1 heterocycles. The molecule has 0 radical (unpaired) electrons. The Kier molecular flexibility index (Phi) is 4.04. The van der Waals surface area contributed by atoms with Gasteiger partial charge in [-0.2, -0.15) is 0 Å². The summed E-state index contributed by atoms with van der Waals surface area (Å²) in [5.74, 6) is 0.647. The molecule has 0 aromatic heterocycles. The lowest BCUT2D eigenvalue weighted by Crippen LogP contribution is -2.45. The van der Waals surface area contributed by atoms with E-state index in [0.717, 1.165) is 38.9 Å². The van der Waals surface area contributed by atoms with Gasteiger partial charge in [-0.1, -0.05) is 42.8 Å². The Hall–Kier alpha value is -1.87. The quantitative estimate of drug-likeness (QED) is 0.939. The van der Waals surface area contributed by atoms with Gasteiger partial charge in [-0.15, -0.1) is 0 Å². The van der Waals surface area contributed by atoms with E-state index in [-0.39, 0.29) is 5.92 Å². The van der Waals surface area contributed by atoms with Crippen LogP contribution in [0.15, 0.2) is 42.5 Å². The van der Waals surface area contributed by atoms with Gasteiger partial charge in [0.2, 0.25) is 5.91 Å². The second kappa shape index (κ2) is 6.32. The van der Waals surface area contributed by atoms with Gasteiger partial charge in [0.1, 0.15) is 0 Å². The molecule has 1 atom stereocenters. The van der Waals surface area contributed by atoms with Crippen molar-refractivity contribution in [2.75, 3.05) is 13.1 Å². The van der Waals surface area contributed by atoms with Gasteiger partial charge in [-0.25, -0.2) is 0 Å². The second-order valence-electron chi connectivity index (χ2n) is 6.92. The average Bonchev–Trinajstić information content (AvgIpc) is 3.04. The van der Waals surface area contributed by atoms with Crippen molar-refractivity contribution in [2.45, 2.75) is 38.3 Å². The number of hydrogen-bond donors (Lipinski definition) is 1. The van der Waals surface area contributed by atoms with E-state index < -0.39 is 0 Å². The maximum absolute atomic E-state index is 12.9. The lowest BCUT2D eigenvalue weighted by Gasteiger charge is -2.35. The molecule has 2 aliphatic rings. The summed E-state index contributed by atoms with van der Waals surface area (Å²) in [6.07, 6.45) is 4.44. The Morgan fingerprint density at radius 1 is 1.09 bits per heavy atom. The number of nitrogens with one attached hydrogen (secondary N) is 1. The first-order valence-electron chi connectivity index (χ1n) is 8.80. The molecule has 23 heavy (non-hydrogen) atoms. The third kappa shape index (κ3) is 2.98. The summed E-state index contributed by atoms with van der Waals surface area (Å²) in [5.41, 5.74) is 1.24. The first kappa shape index (κ1) is 14.7. The zero-order valence-electron chi connectivity index (χ0n) is 13.5. The monoisotopic (exact) mass is 308 g/mol. The highest BCUT2D eigenvalue weighted by Gasteiger charge is 2.34. The molecule has 3 nitrogen and oxygen atoms in total. The Morgan fingerprint density at radius 3 is 2.61 bits per heavy atom. The van der Waals surface area contributed by atoms with Crippen molar-refractivity contribution in [3.63, 3.8) is 0 Å². The van der Waals surface area contributed by atoms with E-state index in [4.69, 9.17) is 0 Å². The molecular weight excluding hydrogens is 284 g/mol. The summed E-state index contributed by atoms with van der Waals surface area (Å²) in [6.45, 7) is 2.70. The van der Waals surface area contributed by atoms with E-state index >= 15 is 0 Å². The van der Waals surface area contributed by atoms with Gasteiger partial charge < -0.3 is 10.2 Å². The maximum atomic E-state index is 12.9. The Bertz CT molecular complexity index is 702. The minimum absolute atomic E-state index is 0.274. The molecule has 1 aliphatic heterocycles. The molecule has 1 saturated heterocycles. The van der Waals surface area contributed by atoms with Crippen LogP contribution in [0.4, 0.5) is 0 Å². The van der Waals surface area contributed by atoms with Crippen LogP contribution in [0.2, 0.25) is 0 Å². The third-order valence-electron chi connectivity index (χ3n) is 5.38. The van der Waals surface area contributed by atoms with E-state index in [0.29, 0.717) is 11.9 Å². The molecule has 3 heteroatoms. The zero-order chi connectivity index (χ0) is 15.6. The van der Waals surface area contributed by atoms with Gasteiger partial charge in [0.25, 0.3) is 0 Å². The van der Waals surface area contributed by atoms with Crippen LogP contribution in [0.3, 0.4) is 0 Å². The van der Waals surface area contributed by atoms with Crippen LogP contribution in [0.5, 0.6) is 0 Å². The summed E-state index contributed by atoms with van der Waals surface area (Å²) in [4.78, 5) is 15.0. The fraction of sp³-hybridized carbons (Fsp3) is 0.450. The summed E-state index contributed by atoms with van der Waals surface area (Å²) in [6, 6.07) is 15.4. The lowest BCUT2D eigenvalue weighted by atomic mass is 9.84. The molecule has 2 aromatic carbocycles. The van der Waals surface area contributed by atoms with E-state index in [9.17, 15) is 4.79 Å². The minimum Gasteiger partial charge on any atom is -0.334 e. The molecule has 120 valence electrons. The van der Waals surface area contributed by atoms with Gasteiger partial charge in [-0.3, -0.25) is 4.79 Å². The highest BCUT2D eigenvalue weighted by Crippen LogP contribution is 2.30. The van der Waals surface area contributed by atoms with Crippen LogP contribution < -0.4 is 5.32 Å². The summed E-state index contributed by atoms with van der Waals surface area (Å²) >= 11 is 0. The van der Waals surface area contributed by atoms with Crippen molar-refractivity contribution < 1.29 is 4.79 Å². The van der Waals surface area contributed by atoms with Crippen LogP contribution in [-0.4, -0.2) is 29.9 Å². The van der Waals surface area contributed by atoms with Crippen LogP contribution >= 0.6 is 0 Å². The van der Waals surface area contributed by atoms with E-state index in [1.165, 1.54) is 22.8 Å². The largest absolute Gasteiger partial charge is 0.334 e. The molecule has 1 amide bonds. The Balaban J connectivity index is 1.58. The number of amides is 1. The Morgan fingerprint density at radius 2 is 1.91 bits per heavy atom. The molecule has 1 N–H and O–H groups in total. The SMILES string of the molecule is O=C(C1CCC1)N(Cc1ccc2ccccc2c1)[C@@H]1CCNC1. The number of fused-ring (bicyclic) bond motifs is 1. The molecule has 1 saturated carbocycles. The van der Waals surface area contributed by atoms with Crippen LogP contribution in [-0.2, 0) is 11.3 Å². The van der Waals surface area contributed by atoms with Crippen molar-refractivity contribution in [2.24, 2.45) is 5.92 Å². The van der Waals surface area contributed by atoms with Crippen molar-refractivity contribution in [1.29, 1.82) is 0 Å². The van der Waals surface area contributed by atoms with Gasteiger partial charge in [0.05, 0.1) is 0 Å². The number of hydrogen-bond acceptors (Lipinski definition) is 2. The van der Waals surface area contributed by atoms with E-state index in [1.807, 2.05) is 0 Å². The lowest BCUT2D eigenvalue weighted by molar-refractivity contribution is -0.141. The van der Waals surface area contributed by atoms with Crippen molar-refractivity contribution in [3.05, 3.63) is 48.0 Å². The predicted octanol–water partition coefficient (Wildman–Crippen LogP) is 3.33. The molecule has 2 aromatic rings. The smallest absolute Gasteiger partial charge is 0.226 e. The number of carbonyl (C=O) groups excluding carboxylic acids is 1. The fourth-order valence-electron chi connectivity index (χ4n) is 3.72. The first-order valence-corrected chi connectivity index (χ1v) is 8.80. The standard InChI is InChI=1S/C20H24N2O/c23-20(17-6-3-7-17)22(19-10-11-21-13-19)14-15-8-9-16-4-1-2-5-18(16)12-15/h1-2,4-5,8-9,12,17,19,21H,3,6-7,10-11,13-14H2/t19-/m1/s1. The topological polar surface area (TPSA) is 32.3 Å². The fourth-order valence-corrected chi connectivity index (χ4v) is 3.72. The van der Waals surface area contributed by atoms with Gasteiger partial charge in [0, 0.05) is 25.0 Å². The maximum Gasteiger partial charge on any atom is 0.226 e. The van der Waals surface area contributed by atoms with Crippen molar-refractivity contribution in [1.82, 2.24) is 10.2 Å². The van der Waals surface area contributed by atoms with Crippen molar-refractivity contribution >= 4 is 16.7 Å². The summed E-state index contributed by atoms with van der Waals surface area (Å²) < 4.78 is 0. The number of benzene rings is 2. The Labute approximate surface area is 137 Å². The normalized spacial score (nSPS) is 21.3. The molecule has 4 rings (SSSR count). The highest BCUT2D eigenvalue weighted by atomic mass is 16.2. The summed E-state index contributed by atoms with van der Waals surface area (Å²) in [7, 11) is 0. The molecule has 2 fully saturated rings. The third-order valence-corrected chi connectivity index (χ3v) is 5.38. The average molecular weight is 308 g/mol. The molecule has 0 unspecified atom stereocenters. The van der Waals surface area contributed by atoms with Gasteiger partial charge in [0.15, 0.2) is 0 Å². The predicted molar refractivity (Wildman–Crippen MR) is 93.1 cm³/mol. The summed E-state index contributed by atoms with van der Waals surface area (Å²) in [5, 5.41) is 5.92. The van der Waals surface area contributed by atoms with Gasteiger partial charge in [-0.05, 0) is 48.2 Å². The number of carbonyl (C=O) groups is 1. The molecule has 1 aliphatic carbocycles. The minimum atomic E-state index is 0.274. The molecular formula is C20H24N2O. The molecule has 0 bridgehead atoms. The van der Waals surface area contributed by atoms with E-state index in [2.05, 4.69) is 52.7 Å². The number of nitrogens with zero attached hydrogens (tertiary/aromatic N) is 1. The molecule has 0 spiro atoms. The highest BCUT2D eigenvalue weighted by molar-refractivity contribution is 5.83. The van der Waals surface area contributed by atoms with E-state index in [1.54, 1.807) is 0 Å². The number of rotatable bonds is 4. The van der Waals surface area contributed by atoms with Crippen LogP contribution in [0, 0.1) is 5.92 Å². The van der Waals surface area contributed by atoms with Crippen LogP contribution in [0.25, 0.3) is 10.8 Å². The second-order valence-corrected chi connectivity index (χ2v) is 6.92. The first-order chi connectivity index (χ1) is 11.3. The van der Waals surface area contributed by atoms with Crippen molar-refractivity contribution in [3.8, 4) is 0 Å². The zero-order valence-corrected chi connectivity index (χ0v) is 13.5.